The zero-order valence-electron chi connectivity index (χ0n) is 9.44. The minimum atomic E-state index is 0.372. The van der Waals surface area contributed by atoms with Gasteiger partial charge in [-0.2, -0.15) is 0 Å². The summed E-state index contributed by atoms with van der Waals surface area (Å²) in [6.45, 7) is 0. The number of methoxy groups -OCH3 is 2. The first-order valence-corrected chi connectivity index (χ1v) is 4.93. The molecule has 17 heavy (non-hydrogen) atoms. The lowest BCUT2D eigenvalue weighted by atomic mass is 10.1. The van der Waals surface area contributed by atoms with E-state index in [2.05, 4.69) is 4.98 Å². The summed E-state index contributed by atoms with van der Waals surface area (Å²) in [4.78, 5) is 24.9. The number of carbonyl (C=O) groups excluding carboxylic acids is 2. The smallest absolute Gasteiger partial charge is 0.155 e. The molecule has 0 aliphatic heterocycles. The van der Waals surface area contributed by atoms with E-state index in [4.69, 9.17) is 9.47 Å². The largest absolute Gasteiger partial charge is 0.496 e. The number of aromatic amines is 1. The summed E-state index contributed by atoms with van der Waals surface area (Å²) in [7, 11) is 2.97. The second-order valence-electron chi connectivity index (χ2n) is 3.42. The van der Waals surface area contributed by atoms with Gasteiger partial charge in [0.2, 0.25) is 0 Å². The van der Waals surface area contributed by atoms with E-state index in [1.807, 2.05) is 0 Å². The van der Waals surface area contributed by atoms with Gasteiger partial charge in [0.05, 0.1) is 30.7 Å². The minimum absolute atomic E-state index is 0.372. The lowest BCUT2D eigenvalue weighted by Gasteiger charge is -2.09. The van der Waals surface area contributed by atoms with E-state index in [-0.39, 0.29) is 0 Å². The van der Waals surface area contributed by atoms with E-state index >= 15 is 0 Å². The number of H-pyrrole nitrogens is 1. The van der Waals surface area contributed by atoms with Gasteiger partial charge in [0.15, 0.2) is 12.6 Å². The number of aromatic nitrogens is 1. The lowest BCUT2D eigenvalue weighted by Crippen LogP contribution is -1.95. The number of rotatable bonds is 4. The Balaban J connectivity index is 2.92. The molecule has 0 radical (unpaired) electrons. The molecule has 0 saturated heterocycles. The van der Waals surface area contributed by atoms with E-state index in [1.165, 1.54) is 20.4 Å². The van der Waals surface area contributed by atoms with Crippen molar-refractivity contribution in [2.24, 2.45) is 0 Å². The van der Waals surface area contributed by atoms with Crippen molar-refractivity contribution >= 4 is 23.5 Å². The highest BCUT2D eigenvalue weighted by molar-refractivity contribution is 6.08. The molecule has 1 heterocycles. The topological polar surface area (TPSA) is 68.4 Å². The van der Waals surface area contributed by atoms with Crippen LogP contribution in [-0.2, 0) is 0 Å². The van der Waals surface area contributed by atoms with Gasteiger partial charge in [-0.3, -0.25) is 9.59 Å². The third kappa shape index (κ3) is 1.56. The van der Waals surface area contributed by atoms with Gasteiger partial charge >= 0.3 is 0 Å². The fraction of sp³-hybridized carbons (Fsp3) is 0.167. The Hall–Kier alpha value is -2.30. The first-order valence-electron chi connectivity index (χ1n) is 4.93. The molecule has 0 aliphatic rings. The van der Waals surface area contributed by atoms with Gasteiger partial charge in [-0.05, 0) is 0 Å². The normalized spacial score (nSPS) is 10.2. The molecule has 0 amide bonds. The highest BCUT2D eigenvalue weighted by Gasteiger charge is 2.17. The van der Waals surface area contributed by atoms with Crippen LogP contribution >= 0.6 is 0 Å². The summed E-state index contributed by atoms with van der Waals surface area (Å²) < 4.78 is 10.3. The predicted molar refractivity (Wildman–Crippen MR) is 62.2 cm³/mol. The number of benzene rings is 1. The van der Waals surface area contributed by atoms with Crippen molar-refractivity contribution in [3.63, 3.8) is 0 Å². The van der Waals surface area contributed by atoms with Crippen LogP contribution in [0.15, 0.2) is 12.3 Å². The number of hydrogen-bond acceptors (Lipinski definition) is 4. The number of aldehydes is 2. The molecular formula is C12H11NO4. The average molecular weight is 233 g/mol. The van der Waals surface area contributed by atoms with Crippen LogP contribution in [-0.4, -0.2) is 31.8 Å². The van der Waals surface area contributed by atoms with E-state index < -0.39 is 0 Å². The minimum Gasteiger partial charge on any atom is -0.496 e. The van der Waals surface area contributed by atoms with Crippen LogP contribution < -0.4 is 9.47 Å². The van der Waals surface area contributed by atoms with Crippen LogP contribution in [0.2, 0.25) is 0 Å². The predicted octanol–water partition coefficient (Wildman–Crippen LogP) is 1.81. The third-order valence-corrected chi connectivity index (χ3v) is 2.64. The molecule has 5 nitrogen and oxygen atoms in total. The van der Waals surface area contributed by atoms with Crippen molar-refractivity contribution in [1.29, 1.82) is 0 Å². The quantitative estimate of drug-likeness (QED) is 0.818. The Morgan fingerprint density at radius 3 is 2.35 bits per heavy atom. The first-order chi connectivity index (χ1) is 8.26. The van der Waals surface area contributed by atoms with E-state index in [0.717, 1.165) is 0 Å². The van der Waals surface area contributed by atoms with Gasteiger partial charge in [0.25, 0.3) is 0 Å². The molecule has 0 atom stereocenters. The molecule has 0 saturated carbocycles. The van der Waals surface area contributed by atoms with E-state index in [1.54, 1.807) is 6.07 Å². The van der Waals surface area contributed by atoms with Crippen molar-refractivity contribution in [1.82, 2.24) is 4.98 Å². The number of ether oxygens (including phenoxy) is 2. The van der Waals surface area contributed by atoms with Crippen molar-refractivity contribution < 1.29 is 19.1 Å². The molecule has 0 aliphatic carbocycles. The molecule has 2 rings (SSSR count). The fourth-order valence-electron chi connectivity index (χ4n) is 1.85. The maximum absolute atomic E-state index is 11.1. The standard InChI is InChI=1S/C12H11NO4/c1-16-9-3-10(17-2)11-7(5-14)4-13-12(11)8(9)6-15/h3-6,13H,1-2H3. The zero-order valence-corrected chi connectivity index (χ0v) is 9.44. The van der Waals surface area contributed by atoms with Crippen molar-refractivity contribution in [3.8, 4) is 11.5 Å². The van der Waals surface area contributed by atoms with Crippen LogP contribution in [0.1, 0.15) is 20.7 Å². The van der Waals surface area contributed by atoms with Crippen LogP contribution in [0.5, 0.6) is 11.5 Å². The summed E-state index contributed by atoms with van der Waals surface area (Å²) in [6.07, 6.45) is 2.93. The van der Waals surface area contributed by atoms with Crippen LogP contribution in [0.25, 0.3) is 10.9 Å². The lowest BCUT2D eigenvalue weighted by molar-refractivity contribution is 0.111. The molecule has 0 fully saturated rings. The maximum Gasteiger partial charge on any atom is 0.155 e. The van der Waals surface area contributed by atoms with Crippen molar-refractivity contribution in [3.05, 3.63) is 23.4 Å². The van der Waals surface area contributed by atoms with Crippen LogP contribution in [0, 0.1) is 0 Å². The highest BCUT2D eigenvalue weighted by atomic mass is 16.5. The molecule has 0 spiro atoms. The molecule has 1 aromatic heterocycles. The SMILES string of the molecule is COc1cc(OC)c2c(C=O)c[nH]c2c1C=O. The van der Waals surface area contributed by atoms with Gasteiger partial charge in [0, 0.05) is 17.8 Å². The first kappa shape index (κ1) is 11.2. The average Bonchev–Trinajstić information content (AvgIpc) is 2.80. The maximum atomic E-state index is 11.1. The molecule has 0 unspecified atom stereocenters. The molecule has 1 N–H and O–H groups in total. The molecule has 88 valence electrons. The summed E-state index contributed by atoms with van der Waals surface area (Å²) in [5.74, 6) is 0.898. The zero-order chi connectivity index (χ0) is 12.4. The summed E-state index contributed by atoms with van der Waals surface area (Å²) in [5, 5.41) is 0.588. The Morgan fingerprint density at radius 2 is 1.82 bits per heavy atom. The monoisotopic (exact) mass is 233 g/mol. The molecule has 2 aromatic rings. The second kappa shape index (κ2) is 4.29. The van der Waals surface area contributed by atoms with Crippen molar-refractivity contribution in [2.75, 3.05) is 14.2 Å². The molecule has 5 heteroatoms. The summed E-state index contributed by atoms with van der Waals surface area (Å²) in [5.41, 5.74) is 1.36. The molecule has 1 aromatic carbocycles. The van der Waals surface area contributed by atoms with Gasteiger partial charge in [-0.15, -0.1) is 0 Å². The number of carbonyl (C=O) groups is 2. The molecular weight excluding hydrogens is 222 g/mol. The number of nitrogens with one attached hydrogen (secondary N) is 1. The van der Waals surface area contributed by atoms with E-state index in [9.17, 15) is 9.59 Å². The van der Waals surface area contributed by atoms with Crippen molar-refractivity contribution in [2.45, 2.75) is 0 Å². The Morgan fingerprint density at radius 1 is 1.12 bits per heavy atom. The third-order valence-electron chi connectivity index (χ3n) is 2.64. The second-order valence-corrected chi connectivity index (χ2v) is 3.42. The number of fused-ring (bicyclic) bond motifs is 1. The van der Waals surface area contributed by atoms with Crippen LogP contribution in [0.3, 0.4) is 0 Å². The molecule has 0 bridgehead atoms. The Kier molecular flexibility index (Phi) is 2.82. The highest BCUT2D eigenvalue weighted by Crippen LogP contribution is 2.35. The summed E-state index contributed by atoms with van der Waals surface area (Å²) >= 11 is 0. The summed E-state index contributed by atoms with van der Waals surface area (Å²) in [6, 6.07) is 1.59. The fourth-order valence-corrected chi connectivity index (χ4v) is 1.85. The Bertz CT molecular complexity index is 586. The van der Waals surface area contributed by atoms with E-state index in [0.29, 0.717) is 46.1 Å². The number of hydrogen-bond donors (Lipinski definition) is 1. The Labute approximate surface area is 97.3 Å². The van der Waals surface area contributed by atoms with Gasteiger partial charge in [-0.1, -0.05) is 0 Å². The van der Waals surface area contributed by atoms with Crippen LogP contribution in [0.4, 0.5) is 0 Å². The van der Waals surface area contributed by atoms with Gasteiger partial charge in [0.1, 0.15) is 11.5 Å². The van der Waals surface area contributed by atoms with Gasteiger partial charge < -0.3 is 14.5 Å². The van der Waals surface area contributed by atoms with Gasteiger partial charge in [-0.25, -0.2) is 0 Å².